The number of amides is 1. The van der Waals surface area contributed by atoms with Crippen molar-refractivity contribution in [3.05, 3.63) is 82.7 Å². The summed E-state index contributed by atoms with van der Waals surface area (Å²) in [7, 11) is 1.80. The van der Waals surface area contributed by atoms with E-state index < -0.39 is 0 Å². The second-order valence-corrected chi connectivity index (χ2v) is 8.00. The molecule has 0 saturated carbocycles. The molecule has 0 fully saturated rings. The molecule has 0 N–H and O–H groups in total. The van der Waals surface area contributed by atoms with Crippen molar-refractivity contribution in [2.75, 3.05) is 11.9 Å². The van der Waals surface area contributed by atoms with E-state index in [4.69, 9.17) is 0 Å². The highest BCUT2D eigenvalue weighted by molar-refractivity contribution is 5.97. The third kappa shape index (κ3) is 5.26. The number of pyridine rings is 1. The third-order valence-electron chi connectivity index (χ3n) is 5.75. The zero-order valence-electron chi connectivity index (χ0n) is 19.0. The lowest BCUT2D eigenvalue weighted by Crippen LogP contribution is -2.25. The van der Waals surface area contributed by atoms with Crippen molar-refractivity contribution < 1.29 is 9.59 Å². The lowest BCUT2D eigenvalue weighted by atomic mass is 9.96. The maximum Gasteiger partial charge on any atom is 0.226 e. The van der Waals surface area contributed by atoms with Crippen LogP contribution in [-0.4, -0.2) is 23.7 Å². The van der Waals surface area contributed by atoms with E-state index in [2.05, 4.69) is 11.1 Å². The van der Waals surface area contributed by atoms with Gasteiger partial charge in [0, 0.05) is 42.5 Å². The summed E-state index contributed by atoms with van der Waals surface area (Å²) in [6.45, 7) is 7.87. The van der Waals surface area contributed by atoms with Crippen LogP contribution >= 0.6 is 0 Å². The summed E-state index contributed by atoms with van der Waals surface area (Å²) in [5.74, 6) is 0.227. The molecule has 0 aliphatic carbocycles. The second-order valence-electron chi connectivity index (χ2n) is 8.00. The molecule has 0 saturated heterocycles. The normalized spacial score (nSPS) is 10.7. The predicted molar refractivity (Wildman–Crippen MR) is 127 cm³/mol. The zero-order chi connectivity index (χ0) is 22.5. The fraction of sp³-hybridized carbons (Fsp3) is 0.296. The van der Waals surface area contributed by atoms with Gasteiger partial charge < -0.3 is 4.90 Å². The van der Waals surface area contributed by atoms with Crippen LogP contribution < -0.4 is 4.90 Å². The monoisotopic (exact) mass is 414 g/mol. The Labute approximate surface area is 184 Å². The molecule has 1 aromatic heterocycles. The van der Waals surface area contributed by atoms with Crippen molar-refractivity contribution in [3.8, 4) is 11.1 Å². The van der Waals surface area contributed by atoms with Crippen LogP contribution in [0.5, 0.6) is 0 Å². The van der Waals surface area contributed by atoms with E-state index in [1.54, 1.807) is 11.9 Å². The highest BCUT2D eigenvalue weighted by Crippen LogP contribution is 2.28. The van der Waals surface area contributed by atoms with Gasteiger partial charge in [0.2, 0.25) is 5.91 Å². The van der Waals surface area contributed by atoms with Crippen molar-refractivity contribution >= 4 is 17.4 Å². The van der Waals surface area contributed by atoms with Crippen LogP contribution in [0, 0.1) is 20.8 Å². The summed E-state index contributed by atoms with van der Waals surface area (Å²) in [5, 5.41) is 0. The molecule has 0 aliphatic rings. The van der Waals surface area contributed by atoms with Gasteiger partial charge in [-0.2, -0.15) is 0 Å². The molecule has 4 nitrogen and oxygen atoms in total. The number of nitrogens with zero attached hydrogens (tertiary/aromatic N) is 2. The average Bonchev–Trinajstić information content (AvgIpc) is 2.77. The van der Waals surface area contributed by atoms with E-state index in [0.29, 0.717) is 19.3 Å². The van der Waals surface area contributed by atoms with Gasteiger partial charge in [-0.15, -0.1) is 0 Å². The molecule has 2 aromatic carbocycles. The molecule has 0 bridgehead atoms. The molecular formula is C27H30N2O2. The van der Waals surface area contributed by atoms with Crippen molar-refractivity contribution in [2.45, 2.75) is 47.0 Å². The standard InChI is InChI=1S/C27H30N2O2/c1-6-27(31)29(5)24-14-15-25(18(2)17-24)22-9-11-23(12-10-22)26(30)16-13-21-8-7-19(3)28-20(21)4/h7-12,14-15,17H,6,13,16H2,1-5H3. The number of benzene rings is 2. The Bertz CT molecular complexity index is 1100. The van der Waals surface area contributed by atoms with Crippen LogP contribution in [0.15, 0.2) is 54.6 Å². The molecule has 0 atom stereocenters. The van der Waals surface area contributed by atoms with Gasteiger partial charge in [-0.25, -0.2) is 0 Å². The number of carbonyl (C=O) groups is 2. The minimum Gasteiger partial charge on any atom is -0.316 e. The Morgan fingerprint density at radius 3 is 2.26 bits per heavy atom. The van der Waals surface area contributed by atoms with Gasteiger partial charge in [0.15, 0.2) is 5.78 Å². The zero-order valence-corrected chi connectivity index (χ0v) is 19.0. The van der Waals surface area contributed by atoms with E-state index in [9.17, 15) is 9.59 Å². The minimum atomic E-state index is 0.0895. The summed E-state index contributed by atoms with van der Waals surface area (Å²) in [5.41, 5.74) is 7.98. The molecule has 0 radical (unpaired) electrons. The van der Waals surface area contributed by atoms with Gasteiger partial charge in [0.05, 0.1) is 0 Å². The predicted octanol–water partition coefficient (Wildman–Crippen LogP) is 5.86. The third-order valence-corrected chi connectivity index (χ3v) is 5.75. The molecule has 1 amide bonds. The summed E-state index contributed by atoms with van der Waals surface area (Å²) in [6, 6.07) is 17.9. The second kappa shape index (κ2) is 9.69. The van der Waals surface area contributed by atoms with Crippen LogP contribution in [0.3, 0.4) is 0 Å². The smallest absolute Gasteiger partial charge is 0.226 e. The van der Waals surface area contributed by atoms with Crippen molar-refractivity contribution in [3.63, 3.8) is 0 Å². The molecule has 0 unspecified atom stereocenters. The lowest BCUT2D eigenvalue weighted by molar-refractivity contribution is -0.118. The fourth-order valence-corrected chi connectivity index (χ4v) is 3.77. The Morgan fingerprint density at radius 1 is 0.935 bits per heavy atom. The number of carbonyl (C=O) groups excluding carboxylic acids is 2. The summed E-state index contributed by atoms with van der Waals surface area (Å²) in [4.78, 5) is 30.8. The molecular weight excluding hydrogens is 384 g/mol. The number of Topliss-reactive ketones (excluding diaryl/α,β-unsaturated/α-hetero) is 1. The number of hydrogen-bond acceptors (Lipinski definition) is 3. The number of rotatable bonds is 7. The van der Waals surface area contributed by atoms with Crippen molar-refractivity contribution in [1.82, 2.24) is 4.98 Å². The highest BCUT2D eigenvalue weighted by Gasteiger charge is 2.12. The molecule has 31 heavy (non-hydrogen) atoms. The van der Waals surface area contributed by atoms with Gasteiger partial charge in [-0.3, -0.25) is 14.6 Å². The molecule has 3 aromatic rings. The minimum absolute atomic E-state index is 0.0895. The molecule has 3 rings (SSSR count). The first-order valence-corrected chi connectivity index (χ1v) is 10.7. The maximum atomic E-state index is 12.7. The Kier molecular flexibility index (Phi) is 7.01. The first kappa shape index (κ1) is 22.4. The summed E-state index contributed by atoms with van der Waals surface area (Å²) < 4.78 is 0. The van der Waals surface area contributed by atoms with E-state index >= 15 is 0 Å². The largest absolute Gasteiger partial charge is 0.316 e. The topological polar surface area (TPSA) is 50.3 Å². The number of anilines is 1. The number of aromatic nitrogens is 1. The molecule has 160 valence electrons. The number of aryl methyl sites for hydroxylation is 4. The van der Waals surface area contributed by atoms with Gasteiger partial charge >= 0.3 is 0 Å². The Balaban J connectivity index is 1.70. The van der Waals surface area contributed by atoms with E-state index in [-0.39, 0.29) is 11.7 Å². The van der Waals surface area contributed by atoms with Crippen LogP contribution in [0.25, 0.3) is 11.1 Å². The quantitative estimate of drug-likeness (QED) is 0.455. The number of hydrogen-bond donors (Lipinski definition) is 0. The SMILES string of the molecule is CCC(=O)N(C)c1ccc(-c2ccc(C(=O)CCc3ccc(C)nc3C)cc2)c(C)c1. The highest BCUT2D eigenvalue weighted by atomic mass is 16.2. The van der Waals surface area contributed by atoms with Crippen molar-refractivity contribution in [2.24, 2.45) is 0 Å². The van der Waals surface area contributed by atoms with Gasteiger partial charge in [-0.05, 0) is 67.6 Å². The average molecular weight is 415 g/mol. The van der Waals surface area contributed by atoms with E-state index in [1.807, 2.05) is 76.2 Å². The first-order valence-electron chi connectivity index (χ1n) is 10.7. The molecule has 0 spiro atoms. The number of ketones is 1. The van der Waals surface area contributed by atoms with Gasteiger partial charge in [-0.1, -0.05) is 43.3 Å². The summed E-state index contributed by atoms with van der Waals surface area (Å²) >= 11 is 0. The van der Waals surface area contributed by atoms with Gasteiger partial charge in [0.1, 0.15) is 0 Å². The Morgan fingerprint density at radius 2 is 1.65 bits per heavy atom. The van der Waals surface area contributed by atoms with Crippen LogP contribution in [-0.2, 0) is 11.2 Å². The van der Waals surface area contributed by atoms with Crippen LogP contribution in [0.2, 0.25) is 0 Å². The van der Waals surface area contributed by atoms with Gasteiger partial charge in [0.25, 0.3) is 0 Å². The summed E-state index contributed by atoms with van der Waals surface area (Å²) in [6.07, 6.45) is 1.65. The molecule has 1 heterocycles. The molecule has 4 heteroatoms. The fourth-order valence-electron chi connectivity index (χ4n) is 3.77. The Hall–Kier alpha value is -3.27. The van der Waals surface area contributed by atoms with Crippen LogP contribution in [0.1, 0.15) is 52.6 Å². The van der Waals surface area contributed by atoms with E-state index in [1.165, 1.54) is 0 Å². The van der Waals surface area contributed by atoms with E-state index in [0.717, 1.165) is 44.9 Å². The lowest BCUT2D eigenvalue weighted by Gasteiger charge is -2.18. The first-order chi connectivity index (χ1) is 14.8. The van der Waals surface area contributed by atoms with Crippen molar-refractivity contribution in [1.29, 1.82) is 0 Å². The van der Waals surface area contributed by atoms with Crippen LogP contribution in [0.4, 0.5) is 5.69 Å². The molecule has 0 aliphatic heterocycles. The maximum absolute atomic E-state index is 12.7.